The van der Waals surface area contributed by atoms with Gasteiger partial charge in [0, 0.05) is 0 Å². The topological polar surface area (TPSA) is 169 Å². The van der Waals surface area contributed by atoms with Crippen LogP contribution in [0.4, 0.5) is 0 Å². The number of carbonyl (C=O) groups is 4. The van der Waals surface area contributed by atoms with Gasteiger partial charge in [-0.25, -0.2) is 0 Å². The predicted molar refractivity (Wildman–Crippen MR) is 183 cm³/mol. The molecular weight excluding hydrogens is 620 g/mol. The van der Waals surface area contributed by atoms with Crippen molar-refractivity contribution in [2.45, 2.75) is 142 Å². The zero-order valence-electron chi connectivity index (χ0n) is 29.3. The molecule has 0 heterocycles. The number of thioether (sulfide) groups is 1. The molecular formula is C37H60O9S. The van der Waals surface area contributed by atoms with Crippen molar-refractivity contribution < 1.29 is 44.7 Å². The lowest BCUT2D eigenvalue weighted by Gasteiger charge is -2.58. The van der Waals surface area contributed by atoms with Crippen LogP contribution in [0.15, 0.2) is 11.6 Å². The highest BCUT2D eigenvalue weighted by Gasteiger charge is 2.59. The summed E-state index contributed by atoms with van der Waals surface area (Å²) in [5, 5.41) is 41.4. The zero-order chi connectivity index (χ0) is 35.3. The maximum absolute atomic E-state index is 10.7. The lowest BCUT2D eigenvalue weighted by Crippen LogP contribution is -2.50. The van der Waals surface area contributed by atoms with Crippen molar-refractivity contribution in [1.29, 1.82) is 0 Å². The number of carboxylic acid groups (broad SMARTS) is 4. The summed E-state index contributed by atoms with van der Waals surface area (Å²) in [6.07, 6.45) is 15.6. The first-order valence-corrected chi connectivity index (χ1v) is 18.8. The van der Waals surface area contributed by atoms with E-state index in [9.17, 15) is 24.3 Å². The Morgan fingerprint density at radius 1 is 0.851 bits per heavy atom. The average molecular weight is 681 g/mol. The van der Waals surface area contributed by atoms with Crippen molar-refractivity contribution >= 4 is 35.6 Å². The van der Waals surface area contributed by atoms with Gasteiger partial charge in [-0.3, -0.25) is 19.2 Å². The van der Waals surface area contributed by atoms with Crippen LogP contribution >= 0.6 is 11.8 Å². The molecule has 0 radical (unpaired) electrons. The number of hydrogen-bond donors (Lipinski definition) is 5. The fourth-order valence-corrected chi connectivity index (χ4v) is 11.3. The smallest absolute Gasteiger partial charge is 0.317 e. The molecule has 11 unspecified atom stereocenters. The molecule has 4 aliphatic carbocycles. The van der Waals surface area contributed by atoms with Crippen molar-refractivity contribution in [2.75, 3.05) is 0 Å². The lowest BCUT2D eigenvalue weighted by molar-refractivity contribution is -0.143. The highest BCUT2D eigenvalue weighted by Crippen LogP contribution is 2.67. The van der Waals surface area contributed by atoms with Crippen LogP contribution in [0.3, 0.4) is 0 Å². The van der Waals surface area contributed by atoms with E-state index in [4.69, 9.17) is 20.4 Å². The Labute approximate surface area is 285 Å². The second-order valence-electron chi connectivity index (χ2n) is 15.8. The number of carboxylic acids is 4. The number of aliphatic hydroxyl groups is 1. The highest BCUT2D eigenvalue weighted by atomic mass is 32.2. The molecule has 0 amide bonds. The second kappa shape index (κ2) is 16.6. The average Bonchev–Trinajstić information content (AvgIpc) is 3.34. The number of fused-ring (bicyclic) bond motifs is 5. The van der Waals surface area contributed by atoms with Crippen LogP contribution in [0.1, 0.15) is 125 Å². The van der Waals surface area contributed by atoms with Crippen LogP contribution in [0.2, 0.25) is 0 Å². The molecule has 3 saturated carbocycles. The van der Waals surface area contributed by atoms with E-state index in [-0.39, 0.29) is 6.10 Å². The maximum Gasteiger partial charge on any atom is 0.317 e. The minimum Gasteiger partial charge on any atom is -0.481 e. The summed E-state index contributed by atoms with van der Waals surface area (Å²) >= 11 is 0.302. The summed E-state index contributed by atoms with van der Waals surface area (Å²) in [5.41, 5.74) is 2.59. The van der Waals surface area contributed by atoms with Gasteiger partial charge >= 0.3 is 23.9 Å². The molecule has 11 atom stereocenters. The van der Waals surface area contributed by atoms with Crippen molar-refractivity contribution in [3.8, 4) is 0 Å². The maximum atomic E-state index is 10.7. The molecule has 0 bridgehead atoms. The minimum absolute atomic E-state index is 0.0794. The molecule has 4 rings (SSSR count). The third kappa shape index (κ3) is 9.34. The van der Waals surface area contributed by atoms with Gasteiger partial charge in [0.1, 0.15) is 10.5 Å². The van der Waals surface area contributed by atoms with Crippen LogP contribution in [-0.2, 0) is 19.2 Å². The summed E-state index contributed by atoms with van der Waals surface area (Å²) in [6.45, 7) is 15.1. The first-order valence-electron chi connectivity index (χ1n) is 17.9. The van der Waals surface area contributed by atoms with Gasteiger partial charge in [-0.15, -0.1) is 11.8 Å². The van der Waals surface area contributed by atoms with Crippen LogP contribution in [0.25, 0.3) is 0 Å². The van der Waals surface area contributed by atoms with Gasteiger partial charge in [0.15, 0.2) is 0 Å². The Hall–Kier alpha value is -2.07. The third-order valence-corrected chi connectivity index (χ3v) is 14.3. The third-order valence-electron chi connectivity index (χ3n) is 12.9. The molecule has 9 nitrogen and oxygen atoms in total. The van der Waals surface area contributed by atoms with Crippen molar-refractivity contribution in [2.24, 2.45) is 52.3 Å². The van der Waals surface area contributed by atoms with Gasteiger partial charge < -0.3 is 25.5 Å². The van der Waals surface area contributed by atoms with E-state index in [0.29, 0.717) is 22.6 Å². The van der Waals surface area contributed by atoms with Crippen LogP contribution in [0.5, 0.6) is 0 Å². The Kier molecular flexibility index (Phi) is 13.9. The Balaban J connectivity index is 0.000000303. The molecule has 268 valence electrons. The van der Waals surface area contributed by atoms with Gasteiger partial charge in [0.25, 0.3) is 0 Å². The minimum atomic E-state index is -1.49. The number of aliphatic hydroxyl groups excluding tert-OH is 1. The normalized spacial score (nSPS) is 33.9. The molecule has 0 saturated heterocycles. The van der Waals surface area contributed by atoms with Crippen molar-refractivity contribution in [3.05, 3.63) is 11.6 Å². The SMILES string of the molecule is CCC(CCC(C)C1CCC2C3CC=C4CC(O)CCC4(C)C3CCC12C)C(C)C.O=C(O)CC(SC(CC(=O)O)C(=O)O)C(=O)O. The Morgan fingerprint density at radius 2 is 1.45 bits per heavy atom. The largest absolute Gasteiger partial charge is 0.481 e. The van der Waals surface area contributed by atoms with E-state index in [1.54, 1.807) is 5.57 Å². The lowest BCUT2D eigenvalue weighted by atomic mass is 9.47. The molecule has 3 fully saturated rings. The molecule has 0 aromatic rings. The van der Waals surface area contributed by atoms with Gasteiger partial charge in [0.05, 0.1) is 18.9 Å². The Morgan fingerprint density at radius 3 is 1.96 bits per heavy atom. The number of hydrogen-bond acceptors (Lipinski definition) is 6. The van der Waals surface area contributed by atoms with Crippen LogP contribution in [-0.4, -0.2) is 66.0 Å². The number of aliphatic carboxylic acids is 4. The van der Waals surface area contributed by atoms with Crippen molar-refractivity contribution in [3.63, 3.8) is 0 Å². The summed E-state index contributed by atoms with van der Waals surface area (Å²) in [4.78, 5) is 42.0. The molecule has 0 aromatic carbocycles. The molecule has 10 heteroatoms. The number of allylic oxidation sites excluding steroid dienone is 1. The van der Waals surface area contributed by atoms with E-state index in [0.717, 1.165) is 54.3 Å². The zero-order valence-corrected chi connectivity index (χ0v) is 30.1. The molecule has 5 N–H and O–H groups in total. The first-order chi connectivity index (χ1) is 21.9. The summed E-state index contributed by atoms with van der Waals surface area (Å²) in [6, 6.07) is 0. The summed E-state index contributed by atoms with van der Waals surface area (Å²) in [5.74, 6) is 0.527. The van der Waals surface area contributed by atoms with E-state index in [2.05, 4.69) is 47.6 Å². The van der Waals surface area contributed by atoms with Gasteiger partial charge in [0.2, 0.25) is 0 Å². The fraction of sp³-hybridized carbons (Fsp3) is 0.838. The van der Waals surface area contributed by atoms with E-state index in [1.807, 2.05) is 0 Å². The van der Waals surface area contributed by atoms with E-state index >= 15 is 0 Å². The summed E-state index contributed by atoms with van der Waals surface area (Å²) < 4.78 is 0. The monoisotopic (exact) mass is 680 g/mol. The predicted octanol–water partition coefficient (Wildman–Crippen LogP) is 7.60. The number of rotatable bonds is 14. The van der Waals surface area contributed by atoms with Gasteiger partial charge in [-0.2, -0.15) is 0 Å². The fourth-order valence-electron chi connectivity index (χ4n) is 10.2. The van der Waals surface area contributed by atoms with E-state index < -0.39 is 47.2 Å². The van der Waals surface area contributed by atoms with Gasteiger partial charge in [-0.05, 0) is 110 Å². The van der Waals surface area contributed by atoms with Crippen molar-refractivity contribution in [1.82, 2.24) is 0 Å². The van der Waals surface area contributed by atoms with Crippen LogP contribution in [0, 0.1) is 52.3 Å². The quantitative estimate of drug-likeness (QED) is 0.115. The molecule has 47 heavy (non-hydrogen) atoms. The molecule has 0 aliphatic heterocycles. The van der Waals surface area contributed by atoms with Crippen LogP contribution < -0.4 is 0 Å². The van der Waals surface area contributed by atoms with E-state index in [1.165, 1.54) is 57.8 Å². The Bertz CT molecular complexity index is 1120. The van der Waals surface area contributed by atoms with Gasteiger partial charge in [-0.1, -0.05) is 66.0 Å². The highest BCUT2D eigenvalue weighted by molar-refractivity contribution is 8.01. The standard InChI is InChI=1S/C29H50O.C8H10O8S/c1-7-21(19(2)3)9-8-20(4)25-12-13-26-24-11-10-22-18-23(30)14-16-28(22,5)27(24)15-17-29(25,26)6;9-5(10)1-3(7(13)14)17-4(8(15)16)2-6(11)12/h10,19-21,23-27,30H,7-9,11-18H2,1-6H3;3-4H,1-2H2,(H,9,10)(H,11,12)(H,13,14)(H,15,16). The second-order valence-corrected chi connectivity index (χ2v) is 17.2. The molecule has 0 spiro atoms. The molecule has 4 aliphatic rings. The first kappa shape index (κ1) is 39.4. The summed E-state index contributed by atoms with van der Waals surface area (Å²) in [7, 11) is 0. The molecule has 0 aromatic heterocycles.